The number of aromatic nitrogens is 2. The highest BCUT2D eigenvalue weighted by Crippen LogP contribution is 2.23. The molecular formula is C16H26N4O3. The van der Waals surface area contributed by atoms with E-state index in [1.54, 1.807) is 13.1 Å². The molecule has 0 bridgehead atoms. The Morgan fingerprint density at radius 2 is 1.91 bits per heavy atom. The molecule has 0 unspecified atom stereocenters. The van der Waals surface area contributed by atoms with Crippen molar-refractivity contribution in [2.45, 2.75) is 64.2 Å². The number of amides is 1. The summed E-state index contributed by atoms with van der Waals surface area (Å²) in [5.41, 5.74) is -0.470. The van der Waals surface area contributed by atoms with Gasteiger partial charge in [-0.3, -0.25) is 0 Å². The first-order chi connectivity index (χ1) is 10.9. The third-order valence-electron chi connectivity index (χ3n) is 3.58. The van der Waals surface area contributed by atoms with Gasteiger partial charge < -0.3 is 20.1 Å². The van der Waals surface area contributed by atoms with Crippen molar-refractivity contribution in [2.24, 2.45) is 0 Å². The van der Waals surface area contributed by atoms with E-state index in [0.29, 0.717) is 5.88 Å². The maximum absolute atomic E-state index is 11.8. The van der Waals surface area contributed by atoms with Crippen LogP contribution in [0.1, 0.15) is 46.5 Å². The number of nitrogens with one attached hydrogen (secondary N) is 2. The molecule has 0 spiro atoms. The second-order valence-electron chi connectivity index (χ2n) is 6.73. The third kappa shape index (κ3) is 5.92. The molecule has 2 N–H and O–H groups in total. The summed E-state index contributed by atoms with van der Waals surface area (Å²) in [4.78, 5) is 20.0. The SMILES string of the molecule is CNc1cc(OC2CCC(NC(=O)OC(C)(C)C)CC2)ncn1. The Bertz CT molecular complexity index is 522. The van der Waals surface area contributed by atoms with Crippen LogP contribution >= 0.6 is 0 Å². The zero-order chi connectivity index (χ0) is 16.9. The number of hydrogen-bond donors (Lipinski definition) is 2. The Kier molecular flexibility index (Phi) is 5.63. The van der Waals surface area contributed by atoms with Crippen LogP contribution < -0.4 is 15.4 Å². The molecule has 0 aliphatic heterocycles. The van der Waals surface area contributed by atoms with Gasteiger partial charge in [-0.15, -0.1) is 0 Å². The van der Waals surface area contributed by atoms with Crippen LogP contribution in [-0.2, 0) is 4.74 Å². The van der Waals surface area contributed by atoms with Crippen molar-refractivity contribution in [3.05, 3.63) is 12.4 Å². The highest BCUT2D eigenvalue weighted by atomic mass is 16.6. The summed E-state index contributed by atoms with van der Waals surface area (Å²) in [7, 11) is 1.81. The van der Waals surface area contributed by atoms with Crippen LogP contribution in [0, 0.1) is 0 Å². The summed E-state index contributed by atoms with van der Waals surface area (Å²) in [6, 6.07) is 1.92. The Hall–Kier alpha value is -2.05. The molecule has 1 aromatic heterocycles. The summed E-state index contributed by atoms with van der Waals surface area (Å²) in [5.74, 6) is 1.31. The second kappa shape index (κ2) is 7.48. The highest BCUT2D eigenvalue weighted by molar-refractivity contribution is 5.68. The molecule has 0 aromatic carbocycles. The van der Waals surface area contributed by atoms with Gasteiger partial charge in [-0.25, -0.2) is 14.8 Å². The molecule has 1 amide bonds. The molecule has 1 aliphatic rings. The lowest BCUT2D eigenvalue weighted by Crippen LogP contribution is -2.42. The van der Waals surface area contributed by atoms with Crippen molar-refractivity contribution < 1.29 is 14.3 Å². The fourth-order valence-corrected chi connectivity index (χ4v) is 2.51. The molecule has 1 heterocycles. The summed E-state index contributed by atoms with van der Waals surface area (Å²) in [6.45, 7) is 5.58. The van der Waals surface area contributed by atoms with Crippen molar-refractivity contribution in [3.63, 3.8) is 0 Å². The number of anilines is 1. The number of carbonyl (C=O) groups is 1. The monoisotopic (exact) mass is 322 g/mol. The number of alkyl carbamates (subject to hydrolysis) is 1. The summed E-state index contributed by atoms with van der Waals surface area (Å²) >= 11 is 0. The molecule has 2 rings (SSSR count). The summed E-state index contributed by atoms with van der Waals surface area (Å²) < 4.78 is 11.2. The predicted octanol–water partition coefficient (Wildman–Crippen LogP) is 2.73. The lowest BCUT2D eigenvalue weighted by molar-refractivity contribution is 0.0469. The molecule has 128 valence electrons. The molecule has 1 aromatic rings. The number of nitrogens with zero attached hydrogens (tertiary/aromatic N) is 2. The van der Waals surface area contributed by atoms with Crippen LogP contribution in [0.15, 0.2) is 12.4 Å². The maximum atomic E-state index is 11.8. The van der Waals surface area contributed by atoms with E-state index in [1.807, 2.05) is 20.8 Å². The Morgan fingerprint density at radius 1 is 1.22 bits per heavy atom. The Balaban J connectivity index is 1.76. The topological polar surface area (TPSA) is 85.4 Å². The number of hydrogen-bond acceptors (Lipinski definition) is 6. The minimum Gasteiger partial charge on any atom is -0.474 e. The fourth-order valence-electron chi connectivity index (χ4n) is 2.51. The van der Waals surface area contributed by atoms with Gasteiger partial charge in [-0.05, 0) is 46.5 Å². The second-order valence-corrected chi connectivity index (χ2v) is 6.73. The van der Waals surface area contributed by atoms with Crippen molar-refractivity contribution in [1.29, 1.82) is 0 Å². The number of ether oxygens (including phenoxy) is 2. The van der Waals surface area contributed by atoms with Gasteiger partial charge in [0.2, 0.25) is 5.88 Å². The van der Waals surface area contributed by atoms with Crippen LogP contribution in [-0.4, -0.2) is 40.9 Å². The molecule has 0 saturated heterocycles. The van der Waals surface area contributed by atoms with Gasteiger partial charge in [0.05, 0.1) is 0 Å². The van der Waals surface area contributed by atoms with Gasteiger partial charge >= 0.3 is 6.09 Å². The van der Waals surface area contributed by atoms with E-state index in [0.717, 1.165) is 31.5 Å². The van der Waals surface area contributed by atoms with Crippen molar-refractivity contribution >= 4 is 11.9 Å². The normalized spacial score (nSPS) is 21.4. The maximum Gasteiger partial charge on any atom is 0.407 e. The van der Waals surface area contributed by atoms with Crippen molar-refractivity contribution in [3.8, 4) is 5.88 Å². The number of rotatable bonds is 4. The van der Waals surface area contributed by atoms with E-state index >= 15 is 0 Å². The molecule has 1 saturated carbocycles. The predicted molar refractivity (Wildman–Crippen MR) is 87.6 cm³/mol. The fraction of sp³-hybridized carbons (Fsp3) is 0.688. The lowest BCUT2D eigenvalue weighted by atomic mass is 9.93. The van der Waals surface area contributed by atoms with Crippen molar-refractivity contribution in [1.82, 2.24) is 15.3 Å². The van der Waals surface area contributed by atoms with E-state index in [4.69, 9.17) is 9.47 Å². The summed E-state index contributed by atoms with van der Waals surface area (Å²) in [6.07, 6.45) is 4.74. The third-order valence-corrected chi connectivity index (χ3v) is 3.58. The minimum absolute atomic E-state index is 0.117. The molecule has 7 heteroatoms. The first-order valence-corrected chi connectivity index (χ1v) is 8.01. The van der Waals surface area contributed by atoms with Crippen LogP contribution in [0.2, 0.25) is 0 Å². The zero-order valence-electron chi connectivity index (χ0n) is 14.3. The van der Waals surface area contributed by atoms with Gasteiger partial charge in [0.1, 0.15) is 23.9 Å². The standard InChI is InChI=1S/C16H26N4O3/c1-16(2,3)23-15(21)20-11-5-7-12(8-6-11)22-14-9-13(17-4)18-10-19-14/h9-12H,5-8H2,1-4H3,(H,20,21)(H,17,18,19). The molecule has 1 fully saturated rings. The van der Waals surface area contributed by atoms with Gasteiger partial charge in [0.25, 0.3) is 0 Å². The van der Waals surface area contributed by atoms with Gasteiger partial charge in [-0.1, -0.05) is 0 Å². The van der Waals surface area contributed by atoms with E-state index in [-0.39, 0.29) is 18.2 Å². The van der Waals surface area contributed by atoms with Crippen LogP contribution in [0.5, 0.6) is 5.88 Å². The van der Waals surface area contributed by atoms with Gasteiger partial charge in [-0.2, -0.15) is 0 Å². The largest absolute Gasteiger partial charge is 0.474 e. The van der Waals surface area contributed by atoms with E-state index in [2.05, 4.69) is 20.6 Å². The highest BCUT2D eigenvalue weighted by Gasteiger charge is 2.25. The summed E-state index contributed by atoms with van der Waals surface area (Å²) in [5, 5.41) is 5.89. The first kappa shape index (κ1) is 17.3. The van der Waals surface area contributed by atoms with E-state index in [1.165, 1.54) is 6.33 Å². The van der Waals surface area contributed by atoms with Gasteiger partial charge in [0, 0.05) is 19.2 Å². The van der Waals surface area contributed by atoms with Crippen LogP contribution in [0.4, 0.5) is 10.6 Å². The number of carbonyl (C=O) groups excluding carboxylic acids is 1. The van der Waals surface area contributed by atoms with E-state index in [9.17, 15) is 4.79 Å². The molecule has 0 atom stereocenters. The molecule has 23 heavy (non-hydrogen) atoms. The smallest absolute Gasteiger partial charge is 0.407 e. The molecule has 0 radical (unpaired) electrons. The molecule has 1 aliphatic carbocycles. The van der Waals surface area contributed by atoms with Crippen molar-refractivity contribution in [2.75, 3.05) is 12.4 Å². The average Bonchev–Trinajstić information content (AvgIpc) is 2.47. The average molecular weight is 322 g/mol. The van der Waals surface area contributed by atoms with Crippen LogP contribution in [0.3, 0.4) is 0 Å². The quantitative estimate of drug-likeness (QED) is 0.886. The van der Waals surface area contributed by atoms with Gasteiger partial charge in [0.15, 0.2) is 0 Å². The Labute approximate surface area is 137 Å². The van der Waals surface area contributed by atoms with E-state index < -0.39 is 5.60 Å². The first-order valence-electron chi connectivity index (χ1n) is 8.01. The van der Waals surface area contributed by atoms with Crippen LogP contribution in [0.25, 0.3) is 0 Å². The Morgan fingerprint density at radius 3 is 2.52 bits per heavy atom. The lowest BCUT2D eigenvalue weighted by Gasteiger charge is -2.30. The zero-order valence-corrected chi connectivity index (χ0v) is 14.3. The molecule has 7 nitrogen and oxygen atoms in total. The minimum atomic E-state index is -0.470. The molecular weight excluding hydrogens is 296 g/mol.